The van der Waals surface area contributed by atoms with E-state index in [4.69, 9.17) is 5.73 Å². The number of carbonyl (C=O) groups excluding carboxylic acids is 1. The van der Waals surface area contributed by atoms with Crippen LogP contribution in [0.15, 0.2) is 12.2 Å². The quantitative estimate of drug-likeness (QED) is 0.546. The fourth-order valence-electron chi connectivity index (χ4n) is 0.481. The molecule has 0 spiro atoms. The van der Waals surface area contributed by atoms with Gasteiger partial charge in [0.15, 0.2) is 0 Å². The van der Waals surface area contributed by atoms with Crippen LogP contribution in [0.5, 0.6) is 0 Å². The van der Waals surface area contributed by atoms with Gasteiger partial charge in [0, 0.05) is 18.2 Å². The van der Waals surface area contributed by atoms with Gasteiger partial charge in [-0.05, 0) is 13.8 Å². The normalized spacial score (nSPS) is 12.3. The van der Waals surface area contributed by atoms with Gasteiger partial charge in [-0.25, -0.2) is 0 Å². The highest BCUT2D eigenvalue weighted by atomic mass is 16.1. The molecule has 0 rings (SSSR count). The van der Waals surface area contributed by atoms with Crippen molar-refractivity contribution in [1.29, 1.82) is 0 Å². The summed E-state index contributed by atoms with van der Waals surface area (Å²) in [6.45, 7) is 7.74. The topological polar surface area (TPSA) is 55.1 Å². The molecular formula is C7H14N2O. The Morgan fingerprint density at radius 1 is 1.80 bits per heavy atom. The zero-order valence-corrected chi connectivity index (χ0v) is 6.48. The Kier molecular flexibility index (Phi) is 3.72. The van der Waals surface area contributed by atoms with Gasteiger partial charge in [0.05, 0.1) is 0 Å². The van der Waals surface area contributed by atoms with E-state index in [2.05, 4.69) is 11.9 Å². The second kappa shape index (κ2) is 4.06. The highest BCUT2D eigenvalue weighted by Crippen LogP contribution is 1.93. The Balaban J connectivity index is 3.83. The lowest BCUT2D eigenvalue weighted by Crippen LogP contribution is -2.32. The van der Waals surface area contributed by atoms with Crippen molar-refractivity contribution in [2.45, 2.75) is 19.9 Å². The summed E-state index contributed by atoms with van der Waals surface area (Å²) < 4.78 is 0. The van der Waals surface area contributed by atoms with Crippen LogP contribution >= 0.6 is 0 Å². The van der Waals surface area contributed by atoms with E-state index in [1.807, 2.05) is 6.92 Å². The van der Waals surface area contributed by atoms with Crippen molar-refractivity contribution < 1.29 is 4.79 Å². The van der Waals surface area contributed by atoms with Crippen LogP contribution < -0.4 is 11.1 Å². The van der Waals surface area contributed by atoms with E-state index in [0.29, 0.717) is 12.1 Å². The Bertz CT molecular complexity index is 141. The summed E-state index contributed by atoms with van der Waals surface area (Å²) in [5.41, 5.74) is 5.84. The average molecular weight is 142 g/mol. The summed E-state index contributed by atoms with van der Waals surface area (Å²) in [6, 6.07) is -0.258. The van der Waals surface area contributed by atoms with Crippen LogP contribution in [-0.2, 0) is 4.79 Å². The van der Waals surface area contributed by atoms with E-state index in [-0.39, 0.29) is 11.9 Å². The smallest absolute Gasteiger partial charge is 0.248 e. The molecule has 1 amide bonds. The highest BCUT2D eigenvalue weighted by Gasteiger charge is 2.08. The molecule has 0 aliphatic carbocycles. The number of amides is 1. The second-order valence-electron chi connectivity index (χ2n) is 2.17. The number of likely N-dealkylation sites (N-methyl/N-ethyl adjacent to an activating group) is 1. The van der Waals surface area contributed by atoms with Crippen LogP contribution in [0.3, 0.4) is 0 Å². The molecule has 0 aromatic carbocycles. The van der Waals surface area contributed by atoms with Crippen LogP contribution in [0.2, 0.25) is 0 Å². The summed E-state index contributed by atoms with van der Waals surface area (Å²) >= 11 is 0. The van der Waals surface area contributed by atoms with Gasteiger partial charge in [-0.15, -0.1) is 0 Å². The van der Waals surface area contributed by atoms with E-state index in [9.17, 15) is 4.79 Å². The van der Waals surface area contributed by atoms with Crippen molar-refractivity contribution in [1.82, 2.24) is 5.32 Å². The molecular weight excluding hydrogens is 128 g/mol. The van der Waals surface area contributed by atoms with Crippen LogP contribution in [0.25, 0.3) is 0 Å². The third kappa shape index (κ3) is 2.64. The summed E-state index contributed by atoms with van der Waals surface area (Å²) in [4.78, 5) is 10.9. The minimum atomic E-state index is -0.258. The van der Waals surface area contributed by atoms with Gasteiger partial charge in [-0.3, -0.25) is 4.79 Å². The molecule has 58 valence electrons. The molecule has 1 atom stereocenters. The molecule has 0 aromatic rings. The standard InChI is InChI=1S/C7H14N2O/c1-4-9-7(10)5(2)6(3)8/h6H,2,4,8H2,1,3H3,(H,9,10). The van der Waals surface area contributed by atoms with Gasteiger partial charge >= 0.3 is 0 Å². The van der Waals surface area contributed by atoms with Crippen LogP contribution in [0.1, 0.15) is 13.8 Å². The molecule has 0 fully saturated rings. The molecule has 3 N–H and O–H groups in total. The van der Waals surface area contributed by atoms with Crippen molar-refractivity contribution in [2.75, 3.05) is 6.54 Å². The molecule has 0 aromatic heterocycles. The first-order valence-electron chi connectivity index (χ1n) is 3.32. The monoisotopic (exact) mass is 142 g/mol. The molecule has 0 saturated heterocycles. The van der Waals surface area contributed by atoms with Gasteiger partial charge < -0.3 is 11.1 Å². The van der Waals surface area contributed by atoms with Crippen LogP contribution in [0.4, 0.5) is 0 Å². The number of nitrogens with two attached hydrogens (primary N) is 1. The summed E-state index contributed by atoms with van der Waals surface area (Å²) in [5.74, 6) is -0.155. The van der Waals surface area contributed by atoms with Crippen LogP contribution in [-0.4, -0.2) is 18.5 Å². The fourth-order valence-corrected chi connectivity index (χ4v) is 0.481. The summed E-state index contributed by atoms with van der Waals surface area (Å²) in [6.07, 6.45) is 0. The van der Waals surface area contributed by atoms with E-state index in [1.165, 1.54) is 0 Å². The van der Waals surface area contributed by atoms with E-state index in [0.717, 1.165) is 0 Å². The van der Waals surface area contributed by atoms with Gasteiger partial charge in [-0.1, -0.05) is 6.58 Å². The molecule has 0 aliphatic rings. The van der Waals surface area contributed by atoms with E-state index >= 15 is 0 Å². The third-order valence-electron chi connectivity index (χ3n) is 1.18. The number of hydrogen-bond acceptors (Lipinski definition) is 2. The van der Waals surface area contributed by atoms with Crippen molar-refractivity contribution in [3.63, 3.8) is 0 Å². The van der Waals surface area contributed by atoms with Crippen molar-refractivity contribution >= 4 is 5.91 Å². The highest BCUT2D eigenvalue weighted by molar-refractivity contribution is 5.93. The SMILES string of the molecule is C=C(C(=O)NCC)C(C)N. The fraction of sp³-hybridized carbons (Fsp3) is 0.571. The predicted octanol–water partition coefficient (Wildman–Crippen LogP) is 0.0259. The molecule has 0 radical (unpaired) electrons. The number of carbonyl (C=O) groups is 1. The minimum absolute atomic E-state index is 0.155. The molecule has 1 unspecified atom stereocenters. The first-order chi connectivity index (χ1) is 4.59. The van der Waals surface area contributed by atoms with Gasteiger partial charge in [-0.2, -0.15) is 0 Å². The first kappa shape index (κ1) is 9.17. The average Bonchev–Trinajstić information content (AvgIpc) is 1.87. The molecule has 0 heterocycles. The molecule has 0 bridgehead atoms. The maximum Gasteiger partial charge on any atom is 0.248 e. The third-order valence-corrected chi connectivity index (χ3v) is 1.18. The van der Waals surface area contributed by atoms with E-state index in [1.54, 1.807) is 6.92 Å². The Morgan fingerprint density at radius 3 is 2.60 bits per heavy atom. The molecule has 3 heteroatoms. The minimum Gasteiger partial charge on any atom is -0.353 e. The van der Waals surface area contributed by atoms with E-state index < -0.39 is 0 Å². The lowest BCUT2D eigenvalue weighted by atomic mass is 10.1. The number of rotatable bonds is 3. The number of nitrogens with one attached hydrogen (secondary N) is 1. The molecule has 3 nitrogen and oxygen atoms in total. The number of hydrogen-bond donors (Lipinski definition) is 2. The predicted molar refractivity (Wildman–Crippen MR) is 41.5 cm³/mol. The largest absolute Gasteiger partial charge is 0.353 e. The van der Waals surface area contributed by atoms with Crippen molar-refractivity contribution in [2.24, 2.45) is 5.73 Å². The lowest BCUT2D eigenvalue weighted by molar-refractivity contribution is -0.117. The van der Waals surface area contributed by atoms with Crippen LogP contribution in [0, 0.1) is 0 Å². The summed E-state index contributed by atoms with van der Waals surface area (Å²) in [7, 11) is 0. The Hall–Kier alpha value is -0.830. The zero-order chi connectivity index (χ0) is 8.15. The molecule has 0 saturated carbocycles. The van der Waals surface area contributed by atoms with Gasteiger partial charge in [0.2, 0.25) is 5.91 Å². The van der Waals surface area contributed by atoms with Gasteiger partial charge in [0.1, 0.15) is 0 Å². The first-order valence-corrected chi connectivity index (χ1v) is 3.32. The maximum absolute atomic E-state index is 10.9. The lowest BCUT2D eigenvalue weighted by Gasteiger charge is -2.07. The summed E-state index contributed by atoms with van der Waals surface area (Å²) in [5, 5.41) is 2.61. The molecule has 0 aliphatic heterocycles. The Labute approximate surface area is 61.3 Å². The zero-order valence-electron chi connectivity index (χ0n) is 6.48. The Morgan fingerprint density at radius 2 is 2.30 bits per heavy atom. The molecule has 10 heavy (non-hydrogen) atoms. The second-order valence-corrected chi connectivity index (χ2v) is 2.17. The van der Waals surface area contributed by atoms with Crippen molar-refractivity contribution in [3.8, 4) is 0 Å². The van der Waals surface area contributed by atoms with Gasteiger partial charge in [0.25, 0.3) is 0 Å². The van der Waals surface area contributed by atoms with Crippen molar-refractivity contribution in [3.05, 3.63) is 12.2 Å². The maximum atomic E-state index is 10.9.